The molecule has 3 rings (SSSR count). The summed E-state index contributed by atoms with van der Waals surface area (Å²) in [5.41, 5.74) is 2.76. The van der Waals surface area contributed by atoms with Crippen LogP contribution in [0.2, 0.25) is 10.0 Å². The summed E-state index contributed by atoms with van der Waals surface area (Å²) in [6.45, 7) is 8.92. The van der Waals surface area contributed by atoms with E-state index in [-0.39, 0.29) is 23.4 Å². The molecular formula is C31H37Cl2N3O4S. The van der Waals surface area contributed by atoms with Crippen LogP contribution in [0, 0.1) is 13.8 Å². The fourth-order valence-electron chi connectivity index (χ4n) is 4.34. The van der Waals surface area contributed by atoms with Gasteiger partial charge in [-0.2, -0.15) is 0 Å². The number of benzene rings is 3. The number of halogens is 2. The van der Waals surface area contributed by atoms with E-state index in [1.165, 1.54) is 17.0 Å². The summed E-state index contributed by atoms with van der Waals surface area (Å²) in [6.07, 6.45) is 1.04. The zero-order valence-corrected chi connectivity index (χ0v) is 26.4. The monoisotopic (exact) mass is 617 g/mol. The summed E-state index contributed by atoms with van der Waals surface area (Å²) in [4.78, 5) is 29.0. The Morgan fingerprint density at radius 3 is 2.15 bits per heavy atom. The third-order valence-electron chi connectivity index (χ3n) is 6.90. The van der Waals surface area contributed by atoms with Crippen molar-refractivity contribution in [1.82, 2.24) is 10.2 Å². The molecule has 0 aromatic heterocycles. The Kier molecular flexibility index (Phi) is 11.2. The van der Waals surface area contributed by atoms with Crippen LogP contribution in [0.4, 0.5) is 5.69 Å². The summed E-state index contributed by atoms with van der Waals surface area (Å²) in [6, 6.07) is 17.5. The fourth-order valence-corrected chi connectivity index (χ4v) is 6.07. The second-order valence-electron chi connectivity index (χ2n) is 10.2. The van der Waals surface area contributed by atoms with Crippen LogP contribution in [0.1, 0.15) is 50.3 Å². The molecule has 0 spiro atoms. The highest BCUT2D eigenvalue weighted by molar-refractivity contribution is 7.92. The van der Waals surface area contributed by atoms with Gasteiger partial charge in [0.25, 0.3) is 10.0 Å². The molecule has 0 radical (unpaired) electrons. The molecular weight excluding hydrogens is 581 g/mol. The topological polar surface area (TPSA) is 86.8 Å². The van der Waals surface area contributed by atoms with Crippen molar-refractivity contribution in [2.24, 2.45) is 0 Å². The number of hydrogen-bond acceptors (Lipinski definition) is 4. The third kappa shape index (κ3) is 8.24. The van der Waals surface area contributed by atoms with Crippen LogP contribution < -0.4 is 9.62 Å². The van der Waals surface area contributed by atoms with E-state index in [4.69, 9.17) is 23.2 Å². The van der Waals surface area contributed by atoms with Crippen molar-refractivity contribution in [2.75, 3.05) is 10.8 Å². The molecule has 0 saturated heterocycles. The van der Waals surface area contributed by atoms with Crippen LogP contribution >= 0.6 is 23.2 Å². The van der Waals surface area contributed by atoms with Crippen LogP contribution in [-0.4, -0.2) is 43.8 Å². The number of carbonyl (C=O) groups is 2. The Bertz CT molecular complexity index is 1480. The van der Waals surface area contributed by atoms with E-state index < -0.39 is 28.5 Å². The Morgan fingerprint density at radius 1 is 0.878 bits per heavy atom. The van der Waals surface area contributed by atoms with Gasteiger partial charge in [0.1, 0.15) is 12.6 Å². The highest BCUT2D eigenvalue weighted by atomic mass is 35.5. The largest absolute Gasteiger partial charge is 0.352 e. The van der Waals surface area contributed by atoms with Crippen LogP contribution in [0.25, 0.3) is 0 Å². The Balaban J connectivity index is 2.08. The van der Waals surface area contributed by atoms with Gasteiger partial charge in [0.15, 0.2) is 0 Å². The molecule has 7 nitrogen and oxygen atoms in total. The van der Waals surface area contributed by atoms with E-state index in [2.05, 4.69) is 5.32 Å². The lowest BCUT2D eigenvalue weighted by Gasteiger charge is -2.34. The van der Waals surface area contributed by atoms with E-state index in [0.29, 0.717) is 27.7 Å². The lowest BCUT2D eigenvalue weighted by atomic mass is 10.1. The minimum atomic E-state index is -4.13. The van der Waals surface area contributed by atoms with Crippen LogP contribution in [0.15, 0.2) is 71.6 Å². The van der Waals surface area contributed by atoms with Crippen molar-refractivity contribution in [2.45, 2.75) is 71.0 Å². The van der Waals surface area contributed by atoms with E-state index in [1.54, 1.807) is 48.5 Å². The summed E-state index contributed by atoms with van der Waals surface area (Å²) in [5, 5.41) is 3.65. The average Bonchev–Trinajstić information content (AvgIpc) is 2.93. The standard InChI is InChI=1S/C31H37Cl2N3O4S/c1-6-23(5)34-31(38)29(7-2)35(19-24-13-16-27(32)28(33)18-24)30(37)20-36(25-10-8-9-22(4)17-25)41(39,40)26-14-11-21(3)12-15-26/h8-18,23,29H,6-7,19-20H2,1-5H3,(H,34,38). The average molecular weight is 619 g/mol. The first-order valence-corrected chi connectivity index (χ1v) is 15.8. The van der Waals surface area contributed by atoms with Crippen LogP contribution in [0.3, 0.4) is 0 Å². The van der Waals surface area contributed by atoms with Crippen molar-refractivity contribution in [3.8, 4) is 0 Å². The molecule has 3 aromatic rings. The van der Waals surface area contributed by atoms with Crippen molar-refractivity contribution >= 4 is 50.7 Å². The zero-order valence-electron chi connectivity index (χ0n) is 24.0. The van der Waals surface area contributed by atoms with E-state index >= 15 is 0 Å². The molecule has 0 fully saturated rings. The molecule has 0 heterocycles. The molecule has 2 amide bonds. The minimum Gasteiger partial charge on any atom is -0.352 e. The zero-order chi connectivity index (χ0) is 30.3. The van der Waals surface area contributed by atoms with Gasteiger partial charge in [-0.15, -0.1) is 0 Å². The lowest BCUT2D eigenvalue weighted by Crippen LogP contribution is -2.53. The van der Waals surface area contributed by atoms with E-state index in [0.717, 1.165) is 21.9 Å². The second kappa shape index (κ2) is 14.2. The summed E-state index contributed by atoms with van der Waals surface area (Å²) >= 11 is 12.4. The molecule has 0 aliphatic heterocycles. The highest BCUT2D eigenvalue weighted by Gasteiger charge is 2.34. The number of nitrogens with one attached hydrogen (secondary N) is 1. The molecule has 0 bridgehead atoms. The van der Waals surface area contributed by atoms with Crippen molar-refractivity contribution in [1.29, 1.82) is 0 Å². The molecule has 10 heteroatoms. The first-order chi connectivity index (χ1) is 19.4. The van der Waals surface area contributed by atoms with Gasteiger partial charge in [0, 0.05) is 12.6 Å². The predicted molar refractivity (Wildman–Crippen MR) is 166 cm³/mol. The number of sulfonamides is 1. The number of aryl methyl sites for hydroxylation is 2. The molecule has 1 N–H and O–H groups in total. The first kappa shape index (κ1) is 32.4. The minimum absolute atomic E-state index is 0.0361. The first-order valence-electron chi connectivity index (χ1n) is 13.6. The predicted octanol–water partition coefficient (Wildman–Crippen LogP) is 6.53. The molecule has 0 aliphatic carbocycles. The van der Waals surface area contributed by atoms with Crippen molar-refractivity contribution < 1.29 is 18.0 Å². The number of hydrogen-bond donors (Lipinski definition) is 1. The highest BCUT2D eigenvalue weighted by Crippen LogP contribution is 2.27. The number of rotatable bonds is 12. The van der Waals surface area contributed by atoms with Crippen molar-refractivity contribution in [3.63, 3.8) is 0 Å². The number of nitrogens with zero attached hydrogens (tertiary/aromatic N) is 2. The Morgan fingerprint density at radius 2 is 1.56 bits per heavy atom. The molecule has 220 valence electrons. The van der Waals surface area contributed by atoms with Crippen LogP contribution in [0.5, 0.6) is 0 Å². The van der Waals surface area contributed by atoms with Crippen molar-refractivity contribution in [3.05, 3.63) is 93.5 Å². The second-order valence-corrected chi connectivity index (χ2v) is 12.9. The molecule has 3 aromatic carbocycles. The summed E-state index contributed by atoms with van der Waals surface area (Å²) < 4.78 is 29.0. The van der Waals surface area contributed by atoms with Gasteiger partial charge >= 0.3 is 0 Å². The van der Waals surface area contributed by atoms with Gasteiger partial charge in [-0.1, -0.05) is 72.9 Å². The molecule has 2 atom stereocenters. The Hall–Kier alpha value is -3.07. The van der Waals surface area contributed by atoms with Crippen LogP contribution in [-0.2, 0) is 26.2 Å². The fraction of sp³-hybridized carbons (Fsp3) is 0.355. The van der Waals surface area contributed by atoms with Gasteiger partial charge in [0.05, 0.1) is 20.6 Å². The smallest absolute Gasteiger partial charge is 0.264 e. The third-order valence-corrected chi connectivity index (χ3v) is 9.43. The molecule has 0 aliphatic rings. The van der Waals surface area contributed by atoms with E-state index in [1.807, 2.05) is 40.7 Å². The van der Waals surface area contributed by atoms with Gasteiger partial charge < -0.3 is 10.2 Å². The maximum absolute atomic E-state index is 14.1. The quantitative estimate of drug-likeness (QED) is 0.250. The number of carbonyl (C=O) groups excluding carboxylic acids is 2. The van der Waals surface area contributed by atoms with E-state index in [9.17, 15) is 18.0 Å². The Labute approximate surface area is 253 Å². The van der Waals surface area contributed by atoms with Gasteiger partial charge in [-0.25, -0.2) is 8.42 Å². The molecule has 41 heavy (non-hydrogen) atoms. The summed E-state index contributed by atoms with van der Waals surface area (Å²) in [5.74, 6) is -0.835. The van der Waals surface area contributed by atoms with Gasteiger partial charge in [0.2, 0.25) is 11.8 Å². The normalized spacial score (nSPS) is 12.9. The van der Waals surface area contributed by atoms with Gasteiger partial charge in [-0.3, -0.25) is 13.9 Å². The molecule has 2 unspecified atom stereocenters. The number of anilines is 1. The van der Waals surface area contributed by atoms with Gasteiger partial charge in [-0.05, 0) is 81.1 Å². The molecule has 0 saturated carbocycles. The lowest BCUT2D eigenvalue weighted by molar-refractivity contribution is -0.140. The maximum Gasteiger partial charge on any atom is 0.264 e. The SMILES string of the molecule is CCC(C)NC(=O)C(CC)N(Cc1ccc(Cl)c(Cl)c1)C(=O)CN(c1cccc(C)c1)S(=O)(=O)c1ccc(C)cc1. The number of amides is 2. The summed E-state index contributed by atoms with van der Waals surface area (Å²) in [7, 11) is -4.13. The maximum atomic E-state index is 14.1.